The Balaban J connectivity index is 2.10. The van der Waals surface area contributed by atoms with Crippen molar-refractivity contribution in [2.24, 2.45) is 5.14 Å². The van der Waals surface area contributed by atoms with Crippen molar-refractivity contribution in [2.75, 3.05) is 4.90 Å². The number of nitrogens with zero attached hydrogens (tertiary/aromatic N) is 1. The summed E-state index contributed by atoms with van der Waals surface area (Å²) in [7, 11) is -8.15. The van der Waals surface area contributed by atoms with Gasteiger partial charge in [0.1, 0.15) is 0 Å². The molecule has 0 saturated heterocycles. The van der Waals surface area contributed by atoms with Crippen molar-refractivity contribution in [1.82, 2.24) is 0 Å². The van der Waals surface area contributed by atoms with Gasteiger partial charge in [-0.25, -0.2) is 22.0 Å². The molecule has 4 rings (SSSR count). The Bertz CT molecular complexity index is 1120. The third-order valence-corrected chi connectivity index (χ3v) is 7.10. The van der Waals surface area contributed by atoms with Gasteiger partial charge in [0.15, 0.2) is 0 Å². The molecule has 1 amide bonds. The number of sulfonamides is 1. The zero-order valence-electron chi connectivity index (χ0n) is 12.9. The van der Waals surface area contributed by atoms with Gasteiger partial charge in [-0.15, -0.1) is 0 Å². The normalized spacial score (nSPS) is 19.1. The summed E-state index contributed by atoms with van der Waals surface area (Å²) in [6, 6.07) is 9.46. The summed E-state index contributed by atoms with van der Waals surface area (Å²) >= 11 is 0. The Kier molecular flexibility index (Phi) is 3.34. The van der Waals surface area contributed by atoms with Crippen LogP contribution < -0.4 is 10.0 Å². The summed E-state index contributed by atoms with van der Waals surface area (Å²) < 4.78 is 49.5. The molecule has 0 radical (unpaired) electrons. The van der Waals surface area contributed by atoms with Crippen molar-refractivity contribution >= 4 is 31.5 Å². The molecule has 2 aromatic carbocycles. The lowest BCUT2D eigenvalue weighted by Gasteiger charge is -2.22. The predicted molar refractivity (Wildman–Crippen MR) is 89.5 cm³/mol. The van der Waals surface area contributed by atoms with Crippen LogP contribution in [0.1, 0.15) is 23.2 Å². The molecule has 0 unspecified atom stereocenters. The van der Waals surface area contributed by atoms with Crippen LogP contribution in [0.3, 0.4) is 0 Å². The van der Waals surface area contributed by atoms with Gasteiger partial charge in [0.2, 0.25) is 19.9 Å². The molecule has 2 aromatic rings. The van der Waals surface area contributed by atoms with Gasteiger partial charge in [0.25, 0.3) is 5.91 Å². The lowest BCUT2D eigenvalue weighted by atomic mass is 10.1. The summed E-state index contributed by atoms with van der Waals surface area (Å²) in [5.41, 5.74) is 0.277. The van der Waals surface area contributed by atoms with E-state index in [1.165, 1.54) is 35.2 Å². The van der Waals surface area contributed by atoms with Gasteiger partial charge in [-0.1, -0.05) is 12.1 Å². The minimum atomic E-state index is -4.08. The van der Waals surface area contributed by atoms with Gasteiger partial charge in [-0.05, 0) is 43.2 Å². The summed E-state index contributed by atoms with van der Waals surface area (Å²) in [4.78, 5) is 13.8. The van der Waals surface area contributed by atoms with Crippen molar-refractivity contribution in [3.8, 4) is 0 Å². The van der Waals surface area contributed by atoms with Gasteiger partial charge < -0.3 is 4.90 Å². The Morgan fingerprint density at radius 1 is 1.04 bits per heavy atom. The van der Waals surface area contributed by atoms with Crippen molar-refractivity contribution in [1.29, 1.82) is 0 Å². The van der Waals surface area contributed by atoms with Crippen LogP contribution in [0.15, 0.2) is 57.2 Å². The zero-order chi connectivity index (χ0) is 18.0. The van der Waals surface area contributed by atoms with E-state index in [4.69, 9.17) is 5.14 Å². The molecular weight excluding hydrogens is 364 g/mol. The number of sulfone groups is 1. The van der Waals surface area contributed by atoms with E-state index < -0.39 is 25.8 Å². The molecule has 2 N–H and O–H groups in total. The number of fused-ring (bicyclic) bond motifs is 2. The quantitative estimate of drug-likeness (QED) is 0.846. The first-order valence-electron chi connectivity index (χ1n) is 7.56. The molecule has 2 aliphatic rings. The number of amides is 1. The van der Waals surface area contributed by atoms with Crippen molar-refractivity contribution in [3.63, 3.8) is 0 Å². The van der Waals surface area contributed by atoms with Gasteiger partial charge in [0, 0.05) is 6.04 Å². The molecule has 25 heavy (non-hydrogen) atoms. The van der Waals surface area contributed by atoms with Gasteiger partial charge >= 0.3 is 0 Å². The van der Waals surface area contributed by atoms with Crippen LogP contribution in [0.4, 0.5) is 5.69 Å². The Morgan fingerprint density at radius 3 is 2.36 bits per heavy atom. The smallest absolute Gasteiger partial charge is 0.259 e. The number of hydrogen-bond acceptors (Lipinski definition) is 5. The van der Waals surface area contributed by atoms with E-state index in [1.54, 1.807) is 6.07 Å². The fraction of sp³-hybridized carbons (Fsp3) is 0.188. The molecule has 130 valence electrons. The third kappa shape index (κ3) is 2.46. The minimum absolute atomic E-state index is 0.0859. The average Bonchev–Trinajstić information content (AvgIpc) is 3.38. The van der Waals surface area contributed by atoms with Gasteiger partial charge in [0.05, 0.1) is 25.9 Å². The predicted octanol–water partition coefficient (Wildman–Crippen LogP) is 1.29. The number of nitrogens with two attached hydrogens (primary N) is 1. The number of hydrogen-bond donors (Lipinski definition) is 1. The maximum Gasteiger partial charge on any atom is 0.259 e. The van der Waals surface area contributed by atoms with E-state index >= 15 is 0 Å². The van der Waals surface area contributed by atoms with Crippen molar-refractivity contribution < 1.29 is 21.6 Å². The highest BCUT2D eigenvalue weighted by atomic mass is 32.2. The van der Waals surface area contributed by atoms with Crippen LogP contribution in [0.25, 0.3) is 0 Å². The number of rotatable bonds is 2. The maximum absolute atomic E-state index is 13.1. The fourth-order valence-electron chi connectivity index (χ4n) is 3.02. The van der Waals surface area contributed by atoms with Gasteiger partial charge in [-0.2, -0.15) is 0 Å². The molecule has 0 bridgehead atoms. The summed E-state index contributed by atoms with van der Waals surface area (Å²) in [6.45, 7) is 0. The van der Waals surface area contributed by atoms with E-state index in [0.717, 1.165) is 18.9 Å². The number of anilines is 1. The largest absolute Gasteiger partial charge is 0.304 e. The number of benzene rings is 2. The minimum Gasteiger partial charge on any atom is -0.304 e. The van der Waals surface area contributed by atoms with Crippen molar-refractivity contribution in [3.05, 3.63) is 48.0 Å². The van der Waals surface area contributed by atoms with Crippen LogP contribution >= 0.6 is 0 Å². The SMILES string of the molecule is NS(=O)(=O)c1ccc2c(c1)S(=O)(=O)c1ccccc1C(=O)N2C1CC1. The van der Waals surface area contributed by atoms with Crippen LogP contribution in [0.2, 0.25) is 0 Å². The van der Waals surface area contributed by atoms with E-state index in [-0.39, 0.29) is 32.0 Å². The molecule has 0 spiro atoms. The molecule has 1 heterocycles. The molecule has 7 nitrogen and oxygen atoms in total. The van der Waals surface area contributed by atoms with Crippen LogP contribution in [-0.4, -0.2) is 28.8 Å². The lowest BCUT2D eigenvalue weighted by molar-refractivity contribution is 0.0982. The lowest BCUT2D eigenvalue weighted by Crippen LogP contribution is -2.33. The third-order valence-electron chi connectivity index (χ3n) is 4.35. The second kappa shape index (κ2) is 5.13. The average molecular weight is 378 g/mol. The first-order chi connectivity index (χ1) is 11.7. The molecule has 1 fully saturated rings. The Hall–Kier alpha value is -2.23. The molecular formula is C16H14N2O5S2. The molecule has 0 atom stereocenters. The fourth-order valence-corrected chi connectivity index (χ4v) is 5.29. The Morgan fingerprint density at radius 2 is 1.72 bits per heavy atom. The summed E-state index contributed by atoms with van der Waals surface area (Å²) in [5.74, 6) is -0.399. The first kappa shape index (κ1) is 16.2. The second-order valence-corrected chi connectivity index (χ2v) is 9.53. The van der Waals surface area contributed by atoms with Crippen molar-refractivity contribution in [2.45, 2.75) is 33.6 Å². The maximum atomic E-state index is 13.1. The monoisotopic (exact) mass is 378 g/mol. The highest BCUT2D eigenvalue weighted by Gasteiger charge is 2.42. The number of primary sulfonamides is 1. The molecule has 1 aliphatic carbocycles. The Labute approximate surface area is 145 Å². The van der Waals surface area contributed by atoms with E-state index in [0.29, 0.717) is 0 Å². The number of carbonyl (C=O) groups is 1. The van der Waals surface area contributed by atoms with Crippen LogP contribution in [0.5, 0.6) is 0 Å². The van der Waals surface area contributed by atoms with Crippen LogP contribution in [0, 0.1) is 0 Å². The topological polar surface area (TPSA) is 115 Å². The van der Waals surface area contributed by atoms with E-state index in [1.807, 2.05) is 0 Å². The van der Waals surface area contributed by atoms with Crippen LogP contribution in [-0.2, 0) is 19.9 Å². The molecule has 1 aliphatic heterocycles. The van der Waals surface area contributed by atoms with E-state index in [9.17, 15) is 21.6 Å². The highest BCUT2D eigenvalue weighted by Crippen LogP contribution is 2.42. The van der Waals surface area contributed by atoms with E-state index in [2.05, 4.69) is 0 Å². The summed E-state index contributed by atoms with van der Waals surface area (Å²) in [5, 5.41) is 5.14. The second-order valence-electron chi connectivity index (χ2n) is 6.08. The number of carbonyl (C=O) groups excluding carboxylic acids is 1. The zero-order valence-corrected chi connectivity index (χ0v) is 14.5. The first-order valence-corrected chi connectivity index (χ1v) is 10.6. The highest BCUT2D eigenvalue weighted by molar-refractivity contribution is 7.92. The molecule has 0 aromatic heterocycles. The molecule has 9 heteroatoms. The summed E-state index contributed by atoms with van der Waals surface area (Å²) in [6.07, 6.45) is 1.54. The van der Waals surface area contributed by atoms with Gasteiger partial charge in [-0.3, -0.25) is 4.79 Å². The molecule has 1 saturated carbocycles. The standard InChI is InChI=1S/C16H14N2O5S2/c17-25(22,23)11-7-8-13-15(9-11)24(20,21)14-4-2-1-3-12(14)16(19)18(13)10-5-6-10/h1-4,7-10H,5-6H2,(H2,17,22,23).